The number of aryl methyl sites for hydroxylation is 1. The molecule has 0 spiro atoms. The summed E-state index contributed by atoms with van der Waals surface area (Å²) in [6.07, 6.45) is 8.00. The molecule has 0 fully saturated rings. The highest BCUT2D eigenvalue weighted by Crippen LogP contribution is 2.18. The normalized spacial score (nSPS) is 10.4. The van der Waals surface area contributed by atoms with E-state index in [0.717, 1.165) is 5.56 Å². The molecule has 0 N–H and O–H groups in total. The van der Waals surface area contributed by atoms with Gasteiger partial charge in [-0.05, 0) is 30.7 Å². The van der Waals surface area contributed by atoms with Gasteiger partial charge in [0.1, 0.15) is 29.4 Å². The maximum Gasteiger partial charge on any atom is 0.351 e. The van der Waals surface area contributed by atoms with Crippen molar-refractivity contribution in [1.29, 1.82) is 0 Å². The third-order valence-corrected chi connectivity index (χ3v) is 3.11. The lowest BCUT2D eigenvalue weighted by atomic mass is 10.1. The van der Waals surface area contributed by atoms with Gasteiger partial charge >= 0.3 is 5.63 Å². The zero-order valence-corrected chi connectivity index (χ0v) is 13.4. The highest BCUT2D eigenvalue weighted by atomic mass is 16.5. The molecule has 2 aromatic rings. The Labute approximate surface area is 139 Å². The second-order valence-corrected chi connectivity index (χ2v) is 4.85. The van der Waals surface area contributed by atoms with Gasteiger partial charge in [-0.3, -0.25) is 4.79 Å². The van der Waals surface area contributed by atoms with Crippen LogP contribution >= 0.6 is 0 Å². The van der Waals surface area contributed by atoms with Crippen LogP contribution in [0.3, 0.4) is 0 Å². The van der Waals surface area contributed by atoms with Crippen LogP contribution in [0.15, 0.2) is 45.6 Å². The van der Waals surface area contributed by atoms with E-state index in [9.17, 15) is 9.59 Å². The molecule has 1 heterocycles. The van der Waals surface area contributed by atoms with Gasteiger partial charge in [0.2, 0.25) is 0 Å². The minimum Gasteiger partial charge on any atom is -0.496 e. The predicted octanol–water partition coefficient (Wildman–Crippen LogP) is 2.86. The Bertz CT molecular complexity index is 868. The maximum atomic E-state index is 12.3. The largest absolute Gasteiger partial charge is 0.496 e. The molecule has 1 aromatic heterocycles. The maximum absolute atomic E-state index is 12.3. The van der Waals surface area contributed by atoms with Crippen LogP contribution in [0.1, 0.15) is 21.7 Å². The topological polar surface area (TPSA) is 65.7 Å². The molecule has 0 radical (unpaired) electrons. The molecule has 0 atom stereocenters. The number of hydrogen-bond donors (Lipinski definition) is 0. The Morgan fingerprint density at radius 1 is 1.38 bits per heavy atom. The Kier molecular flexibility index (Phi) is 5.58. The van der Waals surface area contributed by atoms with Gasteiger partial charge in [0, 0.05) is 6.07 Å². The summed E-state index contributed by atoms with van der Waals surface area (Å²) in [5, 5.41) is 0. The molecule has 2 rings (SSSR count). The zero-order valence-electron chi connectivity index (χ0n) is 13.4. The van der Waals surface area contributed by atoms with E-state index < -0.39 is 11.4 Å². The van der Waals surface area contributed by atoms with E-state index in [1.54, 1.807) is 37.3 Å². The lowest BCUT2D eigenvalue weighted by Crippen LogP contribution is -2.14. The SMILES string of the molecule is C#CCOc1cccc(/C=C/C(=O)c2c(OC)cc(C)oc2=O)c1. The van der Waals surface area contributed by atoms with Crippen molar-refractivity contribution in [1.82, 2.24) is 0 Å². The first kappa shape index (κ1) is 17.1. The first-order valence-electron chi connectivity index (χ1n) is 7.12. The van der Waals surface area contributed by atoms with Crippen LogP contribution in [-0.2, 0) is 0 Å². The molecule has 0 unspecified atom stereocenters. The second-order valence-electron chi connectivity index (χ2n) is 4.85. The van der Waals surface area contributed by atoms with Crippen LogP contribution in [0.5, 0.6) is 11.5 Å². The van der Waals surface area contributed by atoms with Crippen LogP contribution in [0.4, 0.5) is 0 Å². The molecule has 1 aromatic carbocycles. The van der Waals surface area contributed by atoms with Crippen LogP contribution in [-0.4, -0.2) is 19.5 Å². The van der Waals surface area contributed by atoms with Gasteiger partial charge in [-0.2, -0.15) is 0 Å². The molecule has 0 amide bonds. The van der Waals surface area contributed by atoms with E-state index in [2.05, 4.69) is 5.92 Å². The van der Waals surface area contributed by atoms with Crippen molar-refractivity contribution >= 4 is 11.9 Å². The monoisotopic (exact) mass is 324 g/mol. The summed E-state index contributed by atoms with van der Waals surface area (Å²) in [6, 6.07) is 8.55. The highest BCUT2D eigenvalue weighted by molar-refractivity contribution is 6.08. The summed E-state index contributed by atoms with van der Waals surface area (Å²) in [5.41, 5.74) is -0.139. The van der Waals surface area contributed by atoms with Gasteiger partial charge in [0.25, 0.3) is 0 Å². The highest BCUT2D eigenvalue weighted by Gasteiger charge is 2.17. The van der Waals surface area contributed by atoms with Crippen molar-refractivity contribution < 1.29 is 18.7 Å². The van der Waals surface area contributed by atoms with Crippen LogP contribution in [0.25, 0.3) is 6.08 Å². The van der Waals surface area contributed by atoms with E-state index in [4.69, 9.17) is 20.3 Å². The summed E-state index contributed by atoms with van der Waals surface area (Å²) in [6.45, 7) is 1.77. The summed E-state index contributed by atoms with van der Waals surface area (Å²) in [4.78, 5) is 24.2. The molecule has 5 heteroatoms. The molecule has 0 bridgehead atoms. The van der Waals surface area contributed by atoms with Crippen LogP contribution in [0.2, 0.25) is 0 Å². The van der Waals surface area contributed by atoms with Crippen molar-refractivity contribution in [3.63, 3.8) is 0 Å². The Morgan fingerprint density at radius 3 is 2.88 bits per heavy atom. The number of ketones is 1. The fourth-order valence-corrected chi connectivity index (χ4v) is 2.06. The average molecular weight is 324 g/mol. The quantitative estimate of drug-likeness (QED) is 0.464. The smallest absolute Gasteiger partial charge is 0.351 e. The molecule has 5 nitrogen and oxygen atoms in total. The average Bonchev–Trinajstić information content (AvgIpc) is 2.57. The zero-order chi connectivity index (χ0) is 17.5. The number of methoxy groups -OCH3 is 1. The number of rotatable bonds is 6. The first-order valence-corrected chi connectivity index (χ1v) is 7.12. The molecular formula is C19H16O5. The number of ether oxygens (including phenoxy) is 2. The molecule has 0 aliphatic heterocycles. The Hall–Kier alpha value is -3.26. The Balaban J connectivity index is 2.26. The standard InChI is InChI=1S/C19H16O5/c1-4-10-23-15-7-5-6-14(12-15)8-9-16(20)18-17(22-3)11-13(2)24-19(18)21/h1,5-9,11-12H,10H2,2-3H3/b9-8+. The fourth-order valence-electron chi connectivity index (χ4n) is 2.06. The van der Waals surface area contributed by atoms with Gasteiger partial charge in [-0.25, -0.2) is 4.79 Å². The minimum atomic E-state index is -0.729. The summed E-state index contributed by atoms with van der Waals surface area (Å²) >= 11 is 0. The van der Waals surface area contributed by atoms with Gasteiger partial charge < -0.3 is 13.9 Å². The van der Waals surface area contributed by atoms with Crippen molar-refractivity contribution in [3.05, 3.63) is 63.7 Å². The lowest BCUT2D eigenvalue weighted by molar-refractivity contribution is 0.104. The van der Waals surface area contributed by atoms with Gasteiger partial charge in [-0.15, -0.1) is 6.42 Å². The van der Waals surface area contributed by atoms with Crippen molar-refractivity contribution in [2.24, 2.45) is 0 Å². The number of hydrogen-bond acceptors (Lipinski definition) is 5. The predicted molar refractivity (Wildman–Crippen MR) is 90.4 cm³/mol. The Morgan fingerprint density at radius 2 is 2.17 bits per heavy atom. The molecule has 122 valence electrons. The number of carbonyl (C=O) groups excluding carboxylic acids is 1. The van der Waals surface area contributed by atoms with E-state index in [-0.39, 0.29) is 17.9 Å². The van der Waals surface area contributed by atoms with Crippen LogP contribution in [0, 0.1) is 19.3 Å². The van der Waals surface area contributed by atoms with E-state index in [1.807, 2.05) is 0 Å². The molecule has 0 aliphatic carbocycles. The summed E-state index contributed by atoms with van der Waals surface area (Å²) in [5.74, 6) is 3.02. The second kappa shape index (κ2) is 7.84. The third kappa shape index (κ3) is 4.14. The third-order valence-electron chi connectivity index (χ3n) is 3.11. The summed E-state index contributed by atoms with van der Waals surface area (Å²) < 4.78 is 15.4. The molecule has 0 aliphatic rings. The lowest BCUT2D eigenvalue weighted by Gasteiger charge is -2.05. The first-order chi connectivity index (χ1) is 11.5. The van der Waals surface area contributed by atoms with E-state index in [1.165, 1.54) is 19.3 Å². The van der Waals surface area contributed by atoms with E-state index >= 15 is 0 Å². The van der Waals surface area contributed by atoms with Crippen molar-refractivity contribution in [2.45, 2.75) is 6.92 Å². The van der Waals surface area contributed by atoms with E-state index in [0.29, 0.717) is 11.5 Å². The van der Waals surface area contributed by atoms with Crippen molar-refractivity contribution in [3.8, 4) is 23.8 Å². The molecule has 0 saturated heterocycles. The van der Waals surface area contributed by atoms with Gasteiger partial charge in [-0.1, -0.05) is 24.1 Å². The van der Waals surface area contributed by atoms with Crippen molar-refractivity contribution in [2.75, 3.05) is 13.7 Å². The fraction of sp³-hybridized carbons (Fsp3) is 0.158. The number of carbonyl (C=O) groups is 1. The molecular weight excluding hydrogens is 308 g/mol. The minimum absolute atomic E-state index is 0.140. The molecule has 0 saturated carbocycles. The van der Waals surface area contributed by atoms with Crippen LogP contribution < -0.4 is 15.1 Å². The van der Waals surface area contributed by atoms with Gasteiger partial charge in [0.05, 0.1) is 7.11 Å². The summed E-state index contributed by atoms with van der Waals surface area (Å²) in [7, 11) is 1.39. The van der Waals surface area contributed by atoms with Gasteiger partial charge in [0.15, 0.2) is 5.78 Å². The molecule has 24 heavy (non-hydrogen) atoms. The number of allylic oxidation sites excluding steroid dienone is 1. The number of terminal acetylenes is 1. The number of benzene rings is 1.